The lowest BCUT2D eigenvalue weighted by Crippen LogP contribution is -2.15. The van der Waals surface area contributed by atoms with Gasteiger partial charge in [-0.05, 0) is 40.2 Å². The van der Waals surface area contributed by atoms with Gasteiger partial charge in [0.25, 0.3) is 0 Å². The Bertz CT molecular complexity index is 491. The topological polar surface area (TPSA) is 36.3 Å². The molecule has 0 aliphatic carbocycles. The molecule has 1 aromatic carbocycles. The van der Waals surface area contributed by atoms with Crippen LogP contribution in [0.2, 0.25) is 0 Å². The van der Waals surface area contributed by atoms with Crippen LogP contribution in [0.4, 0.5) is 4.39 Å². The van der Waals surface area contributed by atoms with Crippen molar-refractivity contribution >= 4 is 15.9 Å². The normalized spacial score (nSPS) is 10.3. The molecule has 0 amide bonds. The number of aromatic nitrogens is 2. The summed E-state index contributed by atoms with van der Waals surface area (Å²) in [5.41, 5.74) is 0. The Hall–Kier alpha value is -1.56. The second-order valence-electron chi connectivity index (χ2n) is 3.52. The summed E-state index contributed by atoms with van der Waals surface area (Å²) in [7, 11) is 0. The second-order valence-corrected chi connectivity index (χ2v) is 4.37. The number of rotatable bonds is 6. The van der Waals surface area contributed by atoms with Crippen molar-refractivity contribution in [2.75, 3.05) is 13.2 Å². The van der Waals surface area contributed by atoms with Crippen molar-refractivity contribution in [3.63, 3.8) is 0 Å². The predicted molar refractivity (Wildman–Crippen MR) is 67.9 cm³/mol. The van der Waals surface area contributed by atoms with E-state index in [0.29, 0.717) is 29.9 Å². The molecular weight excluding hydrogens is 303 g/mol. The lowest BCUT2D eigenvalue weighted by atomic mass is 10.3. The lowest BCUT2D eigenvalue weighted by molar-refractivity contribution is 0.0731. The van der Waals surface area contributed by atoms with Crippen LogP contribution in [0.15, 0.2) is 41.1 Å². The maximum absolute atomic E-state index is 12.8. The molecule has 6 heteroatoms. The van der Waals surface area contributed by atoms with Gasteiger partial charge in [-0.15, -0.1) is 9.94 Å². The zero-order valence-electron chi connectivity index (χ0n) is 9.55. The van der Waals surface area contributed by atoms with Gasteiger partial charge in [-0.25, -0.2) is 4.39 Å². The van der Waals surface area contributed by atoms with Crippen LogP contribution in [0, 0.1) is 5.82 Å². The van der Waals surface area contributed by atoms with Gasteiger partial charge in [0.05, 0.1) is 23.5 Å². The molecular formula is C12H12BrFN2O2. The molecule has 4 nitrogen and oxygen atoms in total. The van der Waals surface area contributed by atoms with Gasteiger partial charge in [0.2, 0.25) is 0 Å². The van der Waals surface area contributed by atoms with E-state index in [2.05, 4.69) is 21.0 Å². The molecule has 0 N–H and O–H groups in total. The van der Waals surface area contributed by atoms with E-state index in [-0.39, 0.29) is 5.82 Å². The quantitative estimate of drug-likeness (QED) is 0.769. The Morgan fingerprint density at radius 1 is 1.33 bits per heavy atom. The fourth-order valence-corrected chi connectivity index (χ4v) is 1.79. The zero-order valence-corrected chi connectivity index (χ0v) is 11.1. The van der Waals surface area contributed by atoms with Crippen molar-refractivity contribution in [2.24, 2.45) is 0 Å². The lowest BCUT2D eigenvalue weighted by Gasteiger charge is -2.08. The van der Waals surface area contributed by atoms with Gasteiger partial charge < -0.3 is 9.57 Å². The fraction of sp³-hybridized carbons (Fsp3) is 0.250. The predicted octanol–water partition coefficient (Wildman–Crippen LogP) is 2.68. The van der Waals surface area contributed by atoms with Crippen LogP contribution < -0.4 is 9.57 Å². The first-order chi connectivity index (χ1) is 8.75. The van der Waals surface area contributed by atoms with E-state index in [1.165, 1.54) is 17.0 Å². The average molecular weight is 315 g/mol. The highest BCUT2D eigenvalue weighted by atomic mass is 79.9. The van der Waals surface area contributed by atoms with Crippen LogP contribution in [0.3, 0.4) is 0 Å². The monoisotopic (exact) mass is 314 g/mol. The van der Waals surface area contributed by atoms with Crippen LogP contribution >= 0.6 is 15.9 Å². The highest BCUT2D eigenvalue weighted by molar-refractivity contribution is 9.10. The Morgan fingerprint density at radius 2 is 2.22 bits per heavy atom. The summed E-state index contributed by atoms with van der Waals surface area (Å²) < 4.78 is 18.9. The standard InChI is InChI=1S/C12H12BrFN2O2/c13-11-9-10(14)3-4-12(11)17-7-2-8-18-16-6-1-5-15-16/h1,3-6,9H,2,7-8H2. The minimum atomic E-state index is -0.295. The summed E-state index contributed by atoms with van der Waals surface area (Å²) in [6, 6.07) is 6.11. The fourth-order valence-electron chi connectivity index (χ4n) is 1.32. The minimum absolute atomic E-state index is 0.295. The molecule has 0 bridgehead atoms. The molecule has 2 rings (SSSR count). The van der Waals surface area contributed by atoms with Gasteiger partial charge in [-0.2, -0.15) is 0 Å². The molecule has 0 unspecified atom stereocenters. The van der Waals surface area contributed by atoms with E-state index in [9.17, 15) is 4.39 Å². The molecule has 0 spiro atoms. The molecule has 0 aliphatic heterocycles. The Balaban J connectivity index is 1.69. The van der Waals surface area contributed by atoms with Crippen LogP contribution in [-0.4, -0.2) is 23.2 Å². The Kier molecular flexibility index (Phi) is 4.58. The van der Waals surface area contributed by atoms with Crippen molar-refractivity contribution in [2.45, 2.75) is 6.42 Å². The molecule has 96 valence electrons. The minimum Gasteiger partial charge on any atom is -0.492 e. The number of ether oxygens (including phenoxy) is 1. The summed E-state index contributed by atoms with van der Waals surface area (Å²) in [6.45, 7) is 0.992. The van der Waals surface area contributed by atoms with E-state index in [4.69, 9.17) is 9.57 Å². The molecule has 0 atom stereocenters. The molecule has 1 heterocycles. The summed E-state index contributed by atoms with van der Waals surface area (Å²) in [4.78, 5) is 6.68. The first kappa shape index (κ1) is 12.9. The van der Waals surface area contributed by atoms with E-state index in [1.807, 2.05) is 0 Å². The number of hydrogen-bond acceptors (Lipinski definition) is 3. The van der Waals surface area contributed by atoms with Crippen molar-refractivity contribution in [1.82, 2.24) is 9.94 Å². The summed E-state index contributed by atoms with van der Waals surface area (Å²) in [5.74, 6) is 0.326. The highest BCUT2D eigenvalue weighted by Crippen LogP contribution is 2.25. The number of hydrogen-bond donors (Lipinski definition) is 0. The number of halogens is 2. The second kappa shape index (κ2) is 6.39. The van der Waals surface area contributed by atoms with Crippen molar-refractivity contribution in [1.29, 1.82) is 0 Å². The van der Waals surface area contributed by atoms with Crippen molar-refractivity contribution in [3.8, 4) is 5.75 Å². The molecule has 1 aromatic heterocycles. The Labute approximate surface area is 112 Å². The maximum atomic E-state index is 12.8. The van der Waals surface area contributed by atoms with Crippen LogP contribution in [0.5, 0.6) is 5.75 Å². The zero-order chi connectivity index (χ0) is 12.8. The van der Waals surface area contributed by atoms with Gasteiger partial charge in [-0.3, -0.25) is 0 Å². The van der Waals surface area contributed by atoms with E-state index >= 15 is 0 Å². The third kappa shape index (κ3) is 3.73. The largest absolute Gasteiger partial charge is 0.492 e. The Morgan fingerprint density at radius 3 is 2.94 bits per heavy atom. The highest BCUT2D eigenvalue weighted by Gasteiger charge is 2.02. The van der Waals surface area contributed by atoms with Gasteiger partial charge in [-0.1, -0.05) is 0 Å². The van der Waals surface area contributed by atoms with Crippen LogP contribution in [0.1, 0.15) is 6.42 Å². The maximum Gasteiger partial charge on any atom is 0.133 e. The molecule has 0 fully saturated rings. The van der Waals surface area contributed by atoms with Crippen molar-refractivity contribution < 1.29 is 14.0 Å². The van der Waals surface area contributed by atoms with Gasteiger partial charge >= 0.3 is 0 Å². The molecule has 18 heavy (non-hydrogen) atoms. The molecule has 0 saturated carbocycles. The van der Waals surface area contributed by atoms with E-state index in [0.717, 1.165) is 0 Å². The molecule has 0 saturated heterocycles. The smallest absolute Gasteiger partial charge is 0.133 e. The number of nitrogens with zero attached hydrogens (tertiary/aromatic N) is 2. The first-order valence-electron chi connectivity index (χ1n) is 5.46. The number of benzene rings is 1. The van der Waals surface area contributed by atoms with Gasteiger partial charge in [0.1, 0.15) is 18.2 Å². The summed E-state index contributed by atoms with van der Waals surface area (Å²) in [6.07, 6.45) is 4.08. The third-order valence-corrected chi connectivity index (χ3v) is 2.76. The van der Waals surface area contributed by atoms with E-state index < -0.39 is 0 Å². The van der Waals surface area contributed by atoms with Gasteiger partial charge in [0.15, 0.2) is 0 Å². The van der Waals surface area contributed by atoms with Crippen molar-refractivity contribution in [3.05, 3.63) is 46.9 Å². The SMILES string of the molecule is Fc1ccc(OCCCOn2cccn2)c(Br)c1. The molecule has 0 aliphatic rings. The van der Waals surface area contributed by atoms with Gasteiger partial charge in [0, 0.05) is 6.42 Å². The average Bonchev–Trinajstić information content (AvgIpc) is 2.84. The van der Waals surface area contributed by atoms with Crippen LogP contribution in [0.25, 0.3) is 0 Å². The summed E-state index contributed by atoms with van der Waals surface area (Å²) in [5, 5.41) is 3.90. The van der Waals surface area contributed by atoms with Crippen LogP contribution in [-0.2, 0) is 0 Å². The molecule has 2 aromatic rings. The van der Waals surface area contributed by atoms with E-state index in [1.54, 1.807) is 24.5 Å². The third-order valence-electron chi connectivity index (χ3n) is 2.14. The molecule has 0 radical (unpaired) electrons. The first-order valence-corrected chi connectivity index (χ1v) is 6.26. The summed E-state index contributed by atoms with van der Waals surface area (Å²) >= 11 is 3.24.